The molecule has 5 heteroatoms. The molecular formula is C13H20BrN3O. The molecule has 1 aliphatic carbocycles. The van der Waals surface area contributed by atoms with Gasteiger partial charge in [0.2, 0.25) is 0 Å². The van der Waals surface area contributed by atoms with Gasteiger partial charge in [-0.15, -0.1) is 0 Å². The molecule has 0 bridgehead atoms. The lowest BCUT2D eigenvalue weighted by atomic mass is 9.95. The van der Waals surface area contributed by atoms with Crippen molar-refractivity contribution in [3.8, 4) is 0 Å². The van der Waals surface area contributed by atoms with Crippen molar-refractivity contribution in [3.63, 3.8) is 0 Å². The molecule has 1 heterocycles. The summed E-state index contributed by atoms with van der Waals surface area (Å²) in [5, 5.41) is 14.2. The summed E-state index contributed by atoms with van der Waals surface area (Å²) in [7, 11) is 4.11. The van der Waals surface area contributed by atoms with E-state index in [9.17, 15) is 5.11 Å². The van der Waals surface area contributed by atoms with Gasteiger partial charge in [0.05, 0.1) is 29.0 Å². The zero-order valence-electron chi connectivity index (χ0n) is 10.9. The predicted octanol–water partition coefficient (Wildman–Crippen LogP) is 2.14. The first-order chi connectivity index (χ1) is 8.58. The second kappa shape index (κ2) is 5.99. The second-order valence-corrected chi connectivity index (χ2v) is 5.87. The molecule has 1 atom stereocenters. The summed E-state index contributed by atoms with van der Waals surface area (Å²) in [5.41, 5.74) is 2.33. The van der Waals surface area contributed by atoms with Crippen LogP contribution in [0.4, 0.5) is 0 Å². The average molecular weight is 314 g/mol. The minimum atomic E-state index is -0.308. The Kier molecular flexibility index (Phi) is 4.59. The fraction of sp³-hybridized carbons (Fsp3) is 0.615. The van der Waals surface area contributed by atoms with E-state index < -0.39 is 0 Å². The second-order valence-electron chi connectivity index (χ2n) is 5.02. The number of aliphatic hydroxyl groups is 1. The van der Waals surface area contributed by atoms with Gasteiger partial charge in [0.15, 0.2) is 0 Å². The molecule has 0 radical (unpaired) electrons. The SMILES string of the molecule is CN(C)CCn1ncc(Br)c1C1=CC(O)CCC1. The third-order valence-electron chi connectivity index (χ3n) is 3.20. The molecule has 2 rings (SSSR count). The fourth-order valence-electron chi connectivity index (χ4n) is 2.24. The minimum absolute atomic E-state index is 0.308. The number of aliphatic hydroxyl groups excluding tert-OH is 1. The van der Waals surface area contributed by atoms with Crippen LogP contribution in [0.3, 0.4) is 0 Å². The van der Waals surface area contributed by atoms with Crippen LogP contribution in [0.15, 0.2) is 16.7 Å². The molecule has 0 amide bonds. The molecule has 0 aromatic carbocycles. The quantitative estimate of drug-likeness (QED) is 0.926. The van der Waals surface area contributed by atoms with Gasteiger partial charge in [-0.1, -0.05) is 6.08 Å². The van der Waals surface area contributed by atoms with Crippen molar-refractivity contribution in [2.45, 2.75) is 31.9 Å². The van der Waals surface area contributed by atoms with E-state index in [1.807, 2.05) is 17.0 Å². The molecule has 18 heavy (non-hydrogen) atoms. The molecule has 0 saturated carbocycles. The van der Waals surface area contributed by atoms with Gasteiger partial charge in [0.1, 0.15) is 0 Å². The lowest BCUT2D eigenvalue weighted by molar-refractivity contribution is 0.206. The zero-order chi connectivity index (χ0) is 13.1. The first kappa shape index (κ1) is 13.8. The molecule has 1 aromatic rings. The van der Waals surface area contributed by atoms with E-state index in [0.717, 1.165) is 42.5 Å². The Labute approximate surface area is 116 Å². The first-order valence-corrected chi connectivity index (χ1v) is 7.12. The number of hydrogen-bond donors (Lipinski definition) is 1. The molecule has 1 aliphatic rings. The van der Waals surface area contributed by atoms with Crippen molar-refractivity contribution < 1.29 is 5.11 Å². The Balaban J connectivity index is 2.23. The average Bonchev–Trinajstić information content (AvgIpc) is 2.68. The summed E-state index contributed by atoms with van der Waals surface area (Å²) in [6, 6.07) is 0. The van der Waals surface area contributed by atoms with E-state index in [0.29, 0.717) is 0 Å². The van der Waals surface area contributed by atoms with E-state index >= 15 is 0 Å². The highest BCUT2D eigenvalue weighted by Crippen LogP contribution is 2.31. The summed E-state index contributed by atoms with van der Waals surface area (Å²) in [6.45, 7) is 1.82. The largest absolute Gasteiger partial charge is 0.389 e. The maximum Gasteiger partial charge on any atom is 0.0782 e. The number of nitrogens with zero attached hydrogens (tertiary/aromatic N) is 3. The number of hydrogen-bond acceptors (Lipinski definition) is 3. The van der Waals surface area contributed by atoms with Gasteiger partial charge in [0, 0.05) is 6.54 Å². The molecule has 0 fully saturated rings. The van der Waals surface area contributed by atoms with Gasteiger partial charge in [0.25, 0.3) is 0 Å². The molecular weight excluding hydrogens is 294 g/mol. The van der Waals surface area contributed by atoms with Gasteiger partial charge in [-0.2, -0.15) is 5.10 Å². The number of likely N-dealkylation sites (N-methyl/N-ethyl adjacent to an activating group) is 1. The van der Waals surface area contributed by atoms with E-state index in [1.165, 1.54) is 5.57 Å². The van der Waals surface area contributed by atoms with Crippen LogP contribution < -0.4 is 0 Å². The van der Waals surface area contributed by atoms with Gasteiger partial charge < -0.3 is 10.0 Å². The standard InChI is InChI=1S/C13H20BrN3O/c1-16(2)6-7-17-13(12(14)9-15-17)10-4-3-5-11(18)8-10/h8-9,11,18H,3-7H2,1-2H3. The normalized spacial score (nSPS) is 20.3. The van der Waals surface area contributed by atoms with Crippen LogP contribution in [-0.4, -0.2) is 46.5 Å². The van der Waals surface area contributed by atoms with Crippen LogP contribution in [0.25, 0.3) is 5.57 Å². The van der Waals surface area contributed by atoms with Crippen LogP contribution >= 0.6 is 15.9 Å². The summed E-state index contributed by atoms with van der Waals surface area (Å²) in [4.78, 5) is 2.14. The maximum atomic E-state index is 9.75. The van der Waals surface area contributed by atoms with Crippen molar-refractivity contribution in [3.05, 3.63) is 22.4 Å². The fourth-order valence-corrected chi connectivity index (χ4v) is 2.79. The summed E-state index contributed by atoms with van der Waals surface area (Å²) in [6.07, 6.45) is 6.43. The van der Waals surface area contributed by atoms with E-state index in [2.05, 4.69) is 40.0 Å². The first-order valence-electron chi connectivity index (χ1n) is 6.33. The summed E-state index contributed by atoms with van der Waals surface area (Å²) >= 11 is 3.56. The van der Waals surface area contributed by atoms with Crippen LogP contribution in [0.5, 0.6) is 0 Å². The molecule has 0 saturated heterocycles. The Morgan fingerprint density at radius 2 is 2.33 bits per heavy atom. The van der Waals surface area contributed by atoms with Crippen LogP contribution in [-0.2, 0) is 6.54 Å². The van der Waals surface area contributed by atoms with E-state index in [4.69, 9.17) is 0 Å². The van der Waals surface area contributed by atoms with Crippen molar-refractivity contribution in [2.75, 3.05) is 20.6 Å². The predicted molar refractivity (Wildman–Crippen MR) is 76.3 cm³/mol. The van der Waals surface area contributed by atoms with Gasteiger partial charge in [-0.3, -0.25) is 4.68 Å². The van der Waals surface area contributed by atoms with Crippen LogP contribution in [0.2, 0.25) is 0 Å². The maximum absolute atomic E-state index is 9.75. The number of halogens is 1. The zero-order valence-corrected chi connectivity index (χ0v) is 12.5. The van der Waals surface area contributed by atoms with Crippen molar-refractivity contribution in [2.24, 2.45) is 0 Å². The van der Waals surface area contributed by atoms with Crippen molar-refractivity contribution >= 4 is 21.5 Å². The van der Waals surface area contributed by atoms with E-state index in [-0.39, 0.29) is 6.10 Å². The molecule has 1 aromatic heterocycles. The molecule has 0 aliphatic heterocycles. The Bertz CT molecular complexity index is 439. The minimum Gasteiger partial charge on any atom is -0.389 e. The number of allylic oxidation sites excluding steroid dienone is 1. The number of aromatic nitrogens is 2. The smallest absolute Gasteiger partial charge is 0.0782 e. The third-order valence-corrected chi connectivity index (χ3v) is 3.78. The van der Waals surface area contributed by atoms with Gasteiger partial charge in [-0.05, 0) is 54.9 Å². The molecule has 0 spiro atoms. The Morgan fingerprint density at radius 1 is 1.56 bits per heavy atom. The van der Waals surface area contributed by atoms with Crippen LogP contribution in [0.1, 0.15) is 25.0 Å². The van der Waals surface area contributed by atoms with Crippen molar-refractivity contribution in [1.82, 2.24) is 14.7 Å². The van der Waals surface area contributed by atoms with Gasteiger partial charge in [-0.25, -0.2) is 0 Å². The highest BCUT2D eigenvalue weighted by molar-refractivity contribution is 9.10. The summed E-state index contributed by atoms with van der Waals surface area (Å²) < 4.78 is 3.04. The molecule has 100 valence electrons. The highest BCUT2D eigenvalue weighted by atomic mass is 79.9. The van der Waals surface area contributed by atoms with Gasteiger partial charge >= 0.3 is 0 Å². The molecule has 4 nitrogen and oxygen atoms in total. The lowest BCUT2D eigenvalue weighted by Crippen LogP contribution is -2.20. The molecule has 1 unspecified atom stereocenters. The number of rotatable bonds is 4. The summed E-state index contributed by atoms with van der Waals surface area (Å²) in [5.74, 6) is 0. The third kappa shape index (κ3) is 3.22. The van der Waals surface area contributed by atoms with Crippen molar-refractivity contribution in [1.29, 1.82) is 0 Å². The van der Waals surface area contributed by atoms with Crippen LogP contribution in [0, 0.1) is 0 Å². The Morgan fingerprint density at radius 3 is 3.00 bits per heavy atom. The highest BCUT2D eigenvalue weighted by Gasteiger charge is 2.18. The Hall–Kier alpha value is -0.650. The van der Waals surface area contributed by atoms with E-state index in [1.54, 1.807) is 0 Å². The monoisotopic (exact) mass is 313 g/mol. The lowest BCUT2D eigenvalue weighted by Gasteiger charge is -2.19. The molecule has 1 N–H and O–H groups in total. The topological polar surface area (TPSA) is 41.3 Å².